The Balaban J connectivity index is 0.000000896. The summed E-state index contributed by atoms with van der Waals surface area (Å²) in [6.07, 6.45) is 2.09. The van der Waals surface area contributed by atoms with Crippen LogP contribution in [0.1, 0.15) is 18.9 Å². The smallest absolute Gasteiger partial charge is 0.414 e. The van der Waals surface area contributed by atoms with E-state index in [-0.39, 0.29) is 0 Å². The fraction of sp³-hybridized carbons (Fsp3) is 0.556. The molecule has 0 fully saturated rings. The standard InChI is InChI=1S/C16H27NO3.C2H2O4/c1-3-15-5-7-16(8-6-15)20-14-13-19-12-10-17-9-4-11-18-2;3-1(4)2(5)6/h5-8,17H,3-4,9-14H2,1-2H3;(H,3,4)(H,5,6). The highest BCUT2D eigenvalue weighted by Crippen LogP contribution is 2.12. The van der Waals surface area contributed by atoms with Crippen molar-refractivity contribution in [1.29, 1.82) is 0 Å². The van der Waals surface area contributed by atoms with Crippen molar-refractivity contribution in [3.63, 3.8) is 0 Å². The zero-order valence-corrected chi connectivity index (χ0v) is 15.4. The number of methoxy groups -OCH3 is 1. The van der Waals surface area contributed by atoms with Crippen LogP contribution in [0.2, 0.25) is 0 Å². The average molecular weight is 371 g/mol. The van der Waals surface area contributed by atoms with Crippen LogP contribution in [0.5, 0.6) is 5.75 Å². The van der Waals surface area contributed by atoms with Crippen LogP contribution in [0.4, 0.5) is 0 Å². The number of benzene rings is 1. The van der Waals surface area contributed by atoms with Gasteiger partial charge < -0.3 is 29.7 Å². The van der Waals surface area contributed by atoms with Gasteiger partial charge in [0.25, 0.3) is 0 Å². The zero-order valence-electron chi connectivity index (χ0n) is 15.4. The molecular formula is C18H29NO7. The molecule has 1 rings (SSSR count). The van der Waals surface area contributed by atoms with E-state index in [4.69, 9.17) is 34.0 Å². The highest BCUT2D eigenvalue weighted by atomic mass is 16.5. The van der Waals surface area contributed by atoms with Crippen molar-refractivity contribution < 1.29 is 34.0 Å². The number of hydrogen-bond donors (Lipinski definition) is 3. The molecule has 8 nitrogen and oxygen atoms in total. The summed E-state index contributed by atoms with van der Waals surface area (Å²) in [5, 5.41) is 18.1. The van der Waals surface area contributed by atoms with Crippen molar-refractivity contribution in [1.82, 2.24) is 5.32 Å². The minimum atomic E-state index is -1.82. The lowest BCUT2D eigenvalue weighted by molar-refractivity contribution is -0.159. The van der Waals surface area contributed by atoms with E-state index < -0.39 is 11.9 Å². The van der Waals surface area contributed by atoms with Gasteiger partial charge in [-0.25, -0.2) is 9.59 Å². The molecule has 0 aromatic heterocycles. The molecule has 0 saturated carbocycles. The van der Waals surface area contributed by atoms with Gasteiger partial charge in [-0.15, -0.1) is 0 Å². The predicted octanol–water partition coefficient (Wildman–Crippen LogP) is 1.43. The van der Waals surface area contributed by atoms with E-state index in [0.717, 1.165) is 38.3 Å². The number of rotatable bonds is 12. The lowest BCUT2D eigenvalue weighted by Crippen LogP contribution is -2.22. The SMILES string of the molecule is CCc1ccc(OCCOCCNCCCOC)cc1.O=C(O)C(=O)O. The second-order valence-electron chi connectivity index (χ2n) is 5.16. The van der Waals surface area contributed by atoms with E-state index in [9.17, 15) is 0 Å². The maximum atomic E-state index is 9.10. The molecule has 0 aliphatic rings. The van der Waals surface area contributed by atoms with Crippen LogP contribution in [0.3, 0.4) is 0 Å². The van der Waals surface area contributed by atoms with Crippen LogP contribution >= 0.6 is 0 Å². The van der Waals surface area contributed by atoms with Crippen molar-refractivity contribution >= 4 is 11.9 Å². The lowest BCUT2D eigenvalue weighted by atomic mass is 10.2. The largest absolute Gasteiger partial charge is 0.491 e. The van der Waals surface area contributed by atoms with E-state index in [1.54, 1.807) is 7.11 Å². The molecule has 0 spiro atoms. The van der Waals surface area contributed by atoms with Gasteiger partial charge in [-0.1, -0.05) is 19.1 Å². The molecule has 0 aliphatic heterocycles. The molecule has 0 saturated heterocycles. The van der Waals surface area contributed by atoms with E-state index in [0.29, 0.717) is 19.8 Å². The predicted molar refractivity (Wildman–Crippen MR) is 96.8 cm³/mol. The molecule has 0 unspecified atom stereocenters. The van der Waals surface area contributed by atoms with Crippen LogP contribution in [0.15, 0.2) is 24.3 Å². The molecule has 1 aromatic carbocycles. The van der Waals surface area contributed by atoms with Crippen LogP contribution in [-0.2, 0) is 25.5 Å². The fourth-order valence-corrected chi connectivity index (χ4v) is 1.75. The number of carboxylic acids is 2. The van der Waals surface area contributed by atoms with Gasteiger partial charge in [-0.05, 0) is 37.1 Å². The van der Waals surface area contributed by atoms with Gasteiger partial charge in [0.05, 0.1) is 13.2 Å². The van der Waals surface area contributed by atoms with Crippen LogP contribution in [-0.4, -0.2) is 68.8 Å². The summed E-state index contributed by atoms with van der Waals surface area (Å²) >= 11 is 0. The van der Waals surface area contributed by atoms with Crippen LogP contribution < -0.4 is 10.1 Å². The normalized spacial score (nSPS) is 9.92. The van der Waals surface area contributed by atoms with Crippen molar-refractivity contribution in [2.24, 2.45) is 0 Å². The molecule has 0 atom stereocenters. The molecule has 0 bridgehead atoms. The highest BCUT2D eigenvalue weighted by molar-refractivity contribution is 6.27. The molecule has 1 aromatic rings. The van der Waals surface area contributed by atoms with E-state index in [1.807, 2.05) is 12.1 Å². The molecule has 3 N–H and O–H groups in total. The third-order valence-corrected chi connectivity index (χ3v) is 3.14. The lowest BCUT2D eigenvalue weighted by Gasteiger charge is -2.08. The van der Waals surface area contributed by atoms with Gasteiger partial charge in [0.2, 0.25) is 0 Å². The maximum absolute atomic E-state index is 9.10. The summed E-state index contributed by atoms with van der Waals surface area (Å²) in [4.78, 5) is 18.2. The number of aliphatic carboxylic acids is 2. The maximum Gasteiger partial charge on any atom is 0.414 e. The molecule has 26 heavy (non-hydrogen) atoms. The Morgan fingerprint density at radius 1 is 0.962 bits per heavy atom. The van der Waals surface area contributed by atoms with Gasteiger partial charge in [0, 0.05) is 20.3 Å². The van der Waals surface area contributed by atoms with Crippen molar-refractivity contribution in [3.8, 4) is 5.75 Å². The Morgan fingerprint density at radius 2 is 1.62 bits per heavy atom. The summed E-state index contributed by atoms with van der Waals surface area (Å²) in [6, 6.07) is 8.21. The monoisotopic (exact) mass is 371 g/mol. The minimum Gasteiger partial charge on any atom is -0.491 e. The molecular weight excluding hydrogens is 342 g/mol. The summed E-state index contributed by atoms with van der Waals surface area (Å²) in [5.41, 5.74) is 1.33. The van der Waals surface area contributed by atoms with E-state index in [2.05, 4.69) is 24.4 Å². The number of hydrogen-bond acceptors (Lipinski definition) is 6. The van der Waals surface area contributed by atoms with Gasteiger partial charge in [0.1, 0.15) is 12.4 Å². The Bertz CT molecular complexity index is 479. The third-order valence-electron chi connectivity index (χ3n) is 3.14. The van der Waals surface area contributed by atoms with Gasteiger partial charge in [0.15, 0.2) is 0 Å². The molecule has 0 radical (unpaired) electrons. The number of carboxylic acid groups (broad SMARTS) is 2. The number of ether oxygens (including phenoxy) is 3. The highest BCUT2D eigenvalue weighted by Gasteiger charge is 2.04. The number of carbonyl (C=O) groups is 2. The first-order valence-electron chi connectivity index (χ1n) is 8.46. The second kappa shape index (κ2) is 16.3. The molecule has 8 heteroatoms. The molecule has 148 valence electrons. The van der Waals surface area contributed by atoms with Crippen molar-refractivity contribution in [2.75, 3.05) is 46.6 Å². The topological polar surface area (TPSA) is 114 Å². The third kappa shape index (κ3) is 14.2. The van der Waals surface area contributed by atoms with E-state index in [1.165, 1.54) is 5.56 Å². The van der Waals surface area contributed by atoms with Gasteiger partial charge in [-0.2, -0.15) is 0 Å². The first-order valence-corrected chi connectivity index (χ1v) is 8.46. The van der Waals surface area contributed by atoms with Crippen LogP contribution in [0, 0.1) is 0 Å². The number of aryl methyl sites for hydroxylation is 1. The minimum absolute atomic E-state index is 0.592. The van der Waals surface area contributed by atoms with Crippen molar-refractivity contribution in [2.45, 2.75) is 19.8 Å². The summed E-state index contributed by atoms with van der Waals surface area (Å²) in [5.74, 6) is -2.74. The average Bonchev–Trinajstić information content (AvgIpc) is 2.64. The van der Waals surface area contributed by atoms with Crippen LogP contribution in [0.25, 0.3) is 0 Å². The van der Waals surface area contributed by atoms with E-state index >= 15 is 0 Å². The summed E-state index contributed by atoms with van der Waals surface area (Å²) in [7, 11) is 1.72. The Hall–Kier alpha value is -2.16. The Labute approximate surface area is 154 Å². The second-order valence-corrected chi connectivity index (χ2v) is 5.16. The van der Waals surface area contributed by atoms with Gasteiger partial charge >= 0.3 is 11.9 Å². The quantitative estimate of drug-likeness (QED) is 0.373. The molecule has 0 aliphatic carbocycles. The van der Waals surface area contributed by atoms with Gasteiger partial charge in [-0.3, -0.25) is 0 Å². The molecule has 0 heterocycles. The summed E-state index contributed by atoms with van der Waals surface area (Å²) in [6.45, 7) is 6.72. The Morgan fingerprint density at radius 3 is 2.15 bits per heavy atom. The van der Waals surface area contributed by atoms with Crippen molar-refractivity contribution in [3.05, 3.63) is 29.8 Å². The first-order chi connectivity index (χ1) is 12.5. The first kappa shape index (κ1) is 23.8. The fourth-order valence-electron chi connectivity index (χ4n) is 1.75. The summed E-state index contributed by atoms with van der Waals surface area (Å²) < 4.78 is 16.1. The molecule has 0 amide bonds. The Kier molecular flexibility index (Phi) is 15.0. The number of nitrogens with one attached hydrogen (secondary N) is 1. The zero-order chi connectivity index (χ0) is 19.6.